The van der Waals surface area contributed by atoms with Crippen LogP contribution in [0.2, 0.25) is 0 Å². The summed E-state index contributed by atoms with van der Waals surface area (Å²) in [5.74, 6) is 0.833. The summed E-state index contributed by atoms with van der Waals surface area (Å²) in [6.07, 6.45) is 1.49. The lowest BCUT2D eigenvalue weighted by molar-refractivity contribution is 0.0657. The molecule has 3 rings (SSSR count). The van der Waals surface area contributed by atoms with E-state index in [1.54, 1.807) is 47.4 Å². The van der Waals surface area contributed by atoms with Gasteiger partial charge in [0.05, 0.1) is 23.5 Å². The molecule has 1 fully saturated rings. The molecular weight excluding hydrogens is 519 g/mol. The van der Waals surface area contributed by atoms with Crippen molar-refractivity contribution in [3.8, 4) is 0 Å². The van der Waals surface area contributed by atoms with E-state index in [4.69, 9.17) is 4.42 Å². The molecule has 1 amide bonds. The second-order valence-corrected chi connectivity index (χ2v) is 8.73. The number of rotatable bonds is 6. The quantitative estimate of drug-likeness (QED) is 0.339. The van der Waals surface area contributed by atoms with Crippen LogP contribution in [0.4, 0.5) is 0 Å². The van der Waals surface area contributed by atoms with Gasteiger partial charge in [-0.2, -0.15) is 0 Å². The molecule has 8 nitrogen and oxygen atoms in total. The first-order valence-corrected chi connectivity index (χ1v) is 11.3. The highest BCUT2D eigenvalue weighted by Crippen LogP contribution is 2.11. The Labute approximate surface area is 194 Å². The van der Waals surface area contributed by atoms with E-state index >= 15 is 0 Å². The second-order valence-electron chi connectivity index (χ2n) is 6.62. The third-order valence-electron chi connectivity index (χ3n) is 4.66. The van der Waals surface area contributed by atoms with E-state index in [2.05, 4.69) is 10.3 Å². The van der Waals surface area contributed by atoms with Crippen LogP contribution >= 0.6 is 24.0 Å². The van der Waals surface area contributed by atoms with Crippen LogP contribution < -0.4 is 5.32 Å². The first-order valence-electron chi connectivity index (χ1n) is 9.65. The highest BCUT2D eigenvalue weighted by atomic mass is 127. The van der Waals surface area contributed by atoms with Gasteiger partial charge in [-0.15, -0.1) is 24.0 Å². The van der Waals surface area contributed by atoms with E-state index < -0.39 is 9.84 Å². The zero-order valence-electron chi connectivity index (χ0n) is 16.9. The zero-order chi connectivity index (χ0) is 20.7. The van der Waals surface area contributed by atoms with Crippen LogP contribution in [-0.4, -0.2) is 75.1 Å². The predicted octanol–water partition coefficient (Wildman–Crippen LogP) is 2.09. The number of furan rings is 1. The number of guanidine groups is 1. The fourth-order valence-electron chi connectivity index (χ4n) is 3.12. The van der Waals surface area contributed by atoms with E-state index in [9.17, 15) is 13.2 Å². The first kappa shape index (κ1) is 24.2. The molecule has 2 aromatic rings. The molecule has 2 heterocycles. The van der Waals surface area contributed by atoms with Crippen LogP contribution in [0, 0.1) is 0 Å². The number of halogens is 1. The standard InChI is InChI=1S/C20H26N4O4S.HI/c1-2-21-20(22-10-16-29(26,27)17-7-4-3-5-8-17)24-13-11-23(12-14-24)19(25)18-9-6-15-28-18;/h3-9,15H,2,10-14,16H2,1H3,(H,21,22);1H. The average molecular weight is 546 g/mol. The summed E-state index contributed by atoms with van der Waals surface area (Å²) in [6.45, 7) is 5.14. The molecular formula is C20H27IN4O4S. The second kappa shape index (κ2) is 11.3. The SMILES string of the molecule is CCNC(=NCCS(=O)(=O)c1ccccc1)N1CCN(C(=O)c2ccco2)CC1.I. The van der Waals surface area contributed by atoms with Crippen LogP contribution in [-0.2, 0) is 9.84 Å². The van der Waals surface area contributed by atoms with Crippen molar-refractivity contribution in [2.75, 3.05) is 45.0 Å². The van der Waals surface area contributed by atoms with Gasteiger partial charge < -0.3 is 19.5 Å². The Balaban J connectivity index is 0.00000320. The molecule has 1 aliphatic heterocycles. The predicted molar refractivity (Wildman–Crippen MR) is 126 cm³/mol. The molecule has 164 valence electrons. The average Bonchev–Trinajstić information content (AvgIpc) is 3.28. The van der Waals surface area contributed by atoms with Crippen molar-refractivity contribution in [3.63, 3.8) is 0 Å². The summed E-state index contributed by atoms with van der Waals surface area (Å²) in [5.41, 5.74) is 0. The van der Waals surface area contributed by atoms with Gasteiger partial charge >= 0.3 is 0 Å². The minimum Gasteiger partial charge on any atom is -0.459 e. The van der Waals surface area contributed by atoms with Gasteiger partial charge in [0.2, 0.25) is 0 Å². The maximum Gasteiger partial charge on any atom is 0.289 e. The molecule has 0 bridgehead atoms. The van der Waals surface area contributed by atoms with Crippen molar-refractivity contribution in [1.29, 1.82) is 0 Å². The summed E-state index contributed by atoms with van der Waals surface area (Å²) in [6, 6.07) is 11.8. The highest BCUT2D eigenvalue weighted by molar-refractivity contribution is 14.0. The fraction of sp³-hybridized carbons (Fsp3) is 0.400. The van der Waals surface area contributed by atoms with Crippen LogP contribution in [0.1, 0.15) is 17.5 Å². The van der Waals surface area contributed by atoms with Gasteiger partial charge in [0.1, 0.15) is 0 Å². The lowest BCUT2D eigenvalue weighted by Crippen LogP contribution is -2.53. The molecule has 0 atom stereocenters. The summed E-state index contributed by atoms with van der Waals surface area (Å²) < 4.78 is 30.0. The van der Waals surface area contributed by atoms with Gasteiger partial charge in [-0.05, 0) is 31.2 Å². The van der Waals surface area contributed by atoms with Gasteiger partial charge in [-0.3, -0.25) is 9.79 Å². The van der Waals surface area contributed by atoms with E-state index in [1.165, 1.54) is 6.26 Å². The molecule has 1 aromatic heterocycles. The van der Waals surface area contributed by atoms with Gasteiger partial charge in [0.25, 0.3) is 5.91 Å². The van der Waals surface area contributed by atoms with Crippen molar-refractivity contribution in [2.45, 2.75) is 11.8 Å². The van der Waals surface area contributed by atoms with E-state index in [-0.39, 0.29) is 42.2 Å². The van der Waals surface area contributed by atoms with Crippen LogP contribution in [0.5, 0.6) is 0 Å². The number of hydrogen-bond donors (Lipinski definition) is 1. The van der Waals surface area contributed by atoms with Crippen LogP contribution in [0.25, 0.3) is 0 Å². The summed E-state index contributed by atoms with van der Waals surface area (Å²) in [7, 11) is -3.36. The smallest absolute Gasteiger partial charge is 0.289 e. The molecule has 0 saturated carbocycles. The molecule has 10 heteroatoms. The zero-order valence-corrected chi connectivity index (χ0v) is 20.0. The number of nitrogens with one attached hydrogen (secondary N) is 1. The molecule has 30 heavy (non-hydrogen) atoms. The Morgan fingerprint density at radius 2 is 1.73 bits per heavy atom. The molecule has 0 aliphatic carbocycles. The Kier molecular flexibility index (Phi) is 9.15. The number of carbonyl (C=O) groups excluding carboxylic acids is 1. The van der Waals surface area contributed by atoms with Gasteiger partial charge in [0, 0.05) is 32.7 Å². The Hall–Kier alpha value is -2.08. The molecule has 0 spiro atoms. The topological polar surface area (TPSA) is 95.2 Å². The number of sulfone groups is 1. The lowest BCUT2D eigenvalue weighted by Gasteiger charge is -2.36. The minimum absolute atomic E-state index is 0. The van der Waals surface area contributed by atoms with E-state index in [0.29, 0.717) is 49.3 Å². The first-order chi connectivity index (χ1) is 14.0. The number of nitrogens with zero attached hydrogens (tertiary/aromatic N) is 3. The van der Waals surface area contributed by atoms with Crippen molar-refractivity contribution < 1.29 is 17.6 Å². The number of aliphatic imine (C=N–C) groups is 1. The van der Waals surface area contributed by atoms with Gasteiger partial charge in [-0.1, -0.05) is 18.2 Å². The maximum atomic E-state index is 12.4. The van der Waals surface area contributed by atoms with Crippen LogP contribution in [0.15, 0.2) is 63.0 Å². The highest BCUT2D eigenvalue weighted by Gasteiger charge is 2.25. The molecule has 0 radical (unpaired) electrons. The Morgan fingerprint density at radius 3 is 2.33 bits per heavy atom. The number of piperazine rings is 1. The molecule has 1 aliphatic rings. The van der Waals surface area contributed by atoms with Crippen molar-refractivity contribution in [3.05, 3.63) is 54.5 Å². The van der Waals surface area contributed by atoms with Crippen LogP contribution in [0.3, 0.4) is 0 Å². The largest absolute Gasteiger partial charge is 0.459 e. The molecule has 1 saturated heterocycles. The monoisotopic (exact) mass is 546 g/mol. The van der Waals surface area contributed by atoms with Crippen molar-refractivity contribution >= 4 is 45.7 Å². The fourth-order valence-corrected chi connectivity index (χ4v) is 4.26. The van der Waals surface area contributed by atoms with Gasteiger partial charge in [0.15, 0.2) is 21.6 Å². The Morgan fingerprint density at radius 1 is 1.07 bits per heavy atom. The third kappa shape index (κ3) is 6.21. The number of carbonyl (C=O) groups is 1. The van der Waals surface area contributed by atoms with E-state index in [1.807, 2.05) is 11.8 Å². The number of benzene rings is 1. The third-order valence-corrected chi connectivity index (χ3v) is 6.37. The molecule has 0 unspecified atom stereocenters. The maximum absolute atomic E-state index is 12.4. The molecule has 1 aromatic carbocycles. The Bertz CT molecular complexity index is 925. The summed E-state index contributed by atoms with van der Waals surface area (Å²) in [5, 5.41) is 3.21. The normalized spacial score (nSPS) is 14.9. The van der Waals surface area contributed by atoms with E-state index in [0.717, 1.165) is 0 Å². The lowest BCUT2D eigenvalue weighted by atomic mass is 10.3. The minimum atomic E-state index is -3.36. The summed E-state index contributed by atoms with van der Waals surface area (Å²) in [4.78, 5) is 21.0. The number of amides is 1. The van der Waals surface area contributed by atoms with Gasteiger partial charge in [-0.25, -0.2) is 8.42 Å². The van der Waals surface area contributed by atoms with Crippen molar-refractivity contribution in [1.82, 2.24) is 15.1 Å². The molecule has 1 N–H and O–H groups in total. The number of hydrogen-bond acceptors (Lipinski definition) is 5. The van der Waals surface area contributed by atoms with Crippen molar-refractivity contribution in [2.24, 2.45) is 4.99 Å². The summed E-state index contributed by atoms with van der Waals surface area (Å²) >= 11 is 0.